The maximum atomic E-state index is 5.79. The number of anilines is 1. The highest BCUT2D eigenvalue weighted by Crippen LogP contribution is 2.20. The molecule has 24 heavy (non-hydrogen) atoms. The Hall–Kier alpha value is -2.51. The summed E-state index contributed by atoms with van der Waals surface area (Å²) in [6.45, 7) is 2.90. The van der Waals surface area contributed by atoms with E-state index in [2.05, 4.69) is 15.1 Å². The van der Waals surface area contributed by atoms with Crippen molar-refractivity contribution >= 4 is 11.5 Å². The number of fused-ring (bicyclic) bond motifs is 1. The average Bonchev–Trinajstić information content (AvgIpc) is 2.91. The topological polar surface area (TPSA) is 81.6 Å². The smallest absolute Gasteiger partial charge is 0.185 e. The molecule has 1 aliphatic heterocycles. The molecule has 1 atom stereocenters. The summed E-state index contributed by atoms with van der Waals surface area (Å²) in [5.74, 6) is 1.64. The summed E-state index contributed by atoms with van der Waals surface area (Å²) in [4.78, 5) is 2.22. The summed E-state index contributed by atoms with van der Waals surface area (Å²) in [7, 11) is 0. The lowest BCUT2D eigenvalue weighted by Crippen LogP contribution is -2.36. The van der Waals surface area contributed by atoms with Gasteiger partial charge in [-0.2, -0.15) is 4.52 Å². The fourth-order valence-corrected chi connectivity index (χ4v) is 2.96. The minimum Gasteiger partial charge on any atom is -0.375 e. The maximum absolute atomic E-state index is 5.79. The molecule has 1 aliphatic rings. The van der Waals surface area contributed by atoms with E-state index in [1.807, 2.05) is 42.5 Å². The summed E-state index contributed by atoms with van der Waals surface area (Å²) >= 11 is 0. The molecule has 0 spiro atoms. The molecule has 3 aromatic rings. The van der Waals surface area contributed by atoms with Crippen molar-refractivity contribution in [2.45, 2.75) is 12.5 Å². The van der Waals surface area contributed by atoms with Gasteiger partial charge >= 0.3 is 0 Å². The molecule has 2 N–H and O–H groups in total. The second kappa shape index (κ2) is 6.54. The van der Waals surface area contributed by atoms with Gasteiger partial charge in [0, 0.05) is 31.8 Å². The Kier molecular flexibility index (Phi) is 4.10. The Morgan fingerprint density at radius 2 is 2.00 bits per heavy atom. The van der Waals surface area contributed by atoms with Crippen LogP contribution in [-0.4, -0.2) is 52.2 Å². The van der Waals surface area contributed by atoms with Crippen LogP contribution in [0.1, 0.15) is 6.42 Å². The van der Waals surface area contributed by atoms with Crippen LogP contribution in [-0.2, 0) is 4.74 Å². The fourth-order valence-electron chi connectivity index (χ4n) is 2.96. The minimum atomic E-state index is 0.0412. The quantitative estimate of drug-likeness (QED) is 0.783. The molecule has 0 radical (unpaired) electrons. The van der Waals surface area contributed by atoms with Crippen molar-refractivity contribution in [2.75, 3.05) is 31.1 Å². The van der Waals surface area contributed by atoms with Gasteiger partial charge in [-0.15, -0.1) is 15.3 Å². The van der Waals surface area contributed by atoms with Gasteiger partial charge in [-0.3, -0.25) is 0 Å². The standard InChI is InChI=1S/C17H20N6O/c18-11-14-12-22(9-4-10-24-14)16-8-7-15-19-20-17(23(15)21-16)13-5-2-1-3-6-13/h1-3,5-8,14H,4,9-12,18H2. The molecule has 7 nitrogen and oxygen atoms in total. The lowest BCUT2D eigenvalue weighted by molar-refractivity contribution is 0.0749. The molecule has 124 valence electrons. The van der Waals surface area contributed by atoms with Crippen molar-refractivity contribution in [3.63, 3.8) is 0 Å². The van der Waals surface area contributed by atoms with Crippen LogP contribution in [0.4, 0.5) is 5.82 Å². The Morgan fingerprint density at radius 3 is 2.83 bits per heavy atom. The van der Waals surface area contributed by atoms with Gasteiger partial charge in [0.15, 0.2) is 11.5 Å². The SMILES string of the molecule is NCC1CN(c2ccc3nnc(-c4ccccc4)n3n2)CCCO1. The second-order valence-corrected chi connectivity index (χ2v) is 5.88. The zero-order valence-corrected chi connectivity index (χ0v) is 13.4. The second-order valence-electron chi connectivity index (χ2n) is 5.88. The van der Waals surface area contributed by atoms with Crippen molar-refractivity contribution in [3.8, 4) is 11.4 Å². The number of nitrogens with two attached hydrogens (primary N) is 1. The number of hydrogen-bond acceptors (Lipinski definition) is 6. The summed E-state index contributed by atoms with van der Waals surface area (Å²) in [5, 5.41) is 13.3. The van der Waals surface area contributed by atoms with Crippen LogP contribution in [0.2, 0.25) is 0 Å². The number of aromatic nitrogens is 4. The van der Waals surface area contributed by atoms with Crippen molar-refractivity contribution in [3.05, 3.63) is 42.5 Å². The van der Waals surface area contributed by atoms with Gasteiger partial charge in [0.1, 0.15) is 5.82 Å². The van der Waals surface area contributed by atoms with E-state index < -0.39 is 0 Å². The van der Waals surface area contributed by atoms with Gasteiger partial charge in [-0.05, 0) is 18.6 Å². The first kappa shape index (κ1) is 15.0. The molecule has 2 aromatic heterocycles. The summed E-state index contributed by atoms with van der Waals surface area (Å²) in [6, 6.07) is 13.9. The van der Waals surface area contributed by atoms with E-state index in [1.165, 1.54) is 0 Å². The molecule has 3 heterocycles. The molecule has 0 saturated carbocycles. The van der Waals surface area contributed by atoms with Crippen LogP contribution >= 0.6 is 0 Å². The van der Waals surface area contributed by atoms with Gasteiger partial charge in [-0.25, -0.2) is 0 Å². The van der Waals surface area contributed by atoms with Crippen molar-refractivity contribution in [2.24, 2.45) is 5.73 Å². The third kappa shape index (κ3) is 2.83. The van der Waals surface area contributed by atoms with Gasteiger partial charge in [0.2, 0.25) is 0 Å². The molecule has 7 heteroatoms. The van der Waals surface area contributed by atoms with Crippen LogP contribution in [0, 0.1) is 0 Å². The number of ether oxygens (including phenoxy) is 1. The van der Waals surface area contributed by atoms with Crippen molar-refractivity contribution in [1.82, 2.24) is 19.8 Å². The maximum Gasteiger partial charge on any atom is 0.185 e. The number of benzene rings is 1. The van der Waals surface area contributed by atoms with Crippen LogP contribution in [0.5, 0.6) is 0 Å². The molecule has 0 amide bonds. The monoisotopic (exact) mass is 324 g/mol. The van der Waals surface area contributed by atoms with Crippen molar-refractivity contribution in [1.29, 1.82) is 0 Å². The molecule has 1 aromatic carbocycles. The molecule has 0 aliphatic carbocycles. The predicted molar refractivity (Wildman–Crippen MR) is 91.8 cm³/mol. The first-order chi connectivity index (χ1) is 11.8. The third-order valence-electron chi connectivity index (χ3n) is 4.22. The first-order valence-electron chi connectivity index (χ1n) is 8.19. The number of hydrogen-bond donors (Lipinski definition) is 1. The molecule has 1 saturated heterocycles. The van der Waals surface area contributed by atoms with E-state index in [-0.39, 0.29) is 6.10 Å². The van der Waals surface area contributed by atoms with Crippen molar-refractivity contribution < 1.29 is 4.74 Å². The largest absolute Gasteiger partial charge is 0.375 e. The molecular weight excluding hydrogens is 304 g/mol. The Labute approximate surface area is 140 Å². The van der Waals surface area contributed by atoms with E-state index in [9.17, 15) is 0 Å². The van der Waals surface area contributed by atoms with Crippen LogP contribution in [0.15, 0.2) is 42.5 Å². The van der Waals surface area contributed by atoms with Gasteiger partial charge in [0.05, 0.1) is 6.10 Å². The molecule has 1 unspecified atom stereocenters. The fraction of sp³-hybridized carbons (Fsp3) is 0.353. The van der Waals surface area contributed by atoms with Gasteiger partial charge in [-0.1, -0.05) is 30.3 Å². The zero-order valence-electron chi connectivity index (χ0n) is 13.4. The molecule has 0 bridgehead atoms. The van der Waals surface area contributed by atoms with Gasteiger partial charge in [0.25, 0.3) is 0 Å². The zero-order chi connectivity index (χ0) is 16.4. The van der Waals surface area contributed by atoms with E-state index in [0.717, 1.165) is 49.0 Å². The summed E-state index contributed by atoms with van der Waals surface area (Å²) in [6.07, 6.45) is 1.00. The van der Waals surface area contributed by atoms with E-state index in [0.29, 0.717) is 6.54 Å². The van der Waals surface area contributed by atoms with E-state index >= 15 is 0 Å². The van der Waals surface area contributed by atoms with Crippen LogP contribution in [0.3, 0.4) is 0 Å². The highest BCUT2D eigenvalue weighted by molar-refractivity contribution is 5.59. The Balaban J connectivity index is 1.72. The highest BCUT2D eigenvalue weighted by Gasteiger charge is 2.20. The molecular formula is C17H20N6O. The van der Waals surface area contributed by atoms with E-state index in [4.69, 9.17) is 15.6 Å². The summed E-state index contributed by atoms with van der Waals surface area (Å²) < 4.78 is 7.54. The normalized spacial score (nSPS) is 18.7. The summed E-state index contributed by atoms with van der Waals surface area (Å²) in [5.41, 5.74) is 7.52. The Morgan fingerprint density at radius 1 is 1.12 bits per heavy atom. The molecule has 4 rings (SSSR count). The van der Waals surface area contributed by atoms with Crippen LogP contribution < -0.4 is 10.6 Å². The van der Waals surface area contributed by atoms with E-state index in [1.54, 1.807) is 4.52 Å². The average molecular weight is 324 g/mol. The lowest BCUT2D eigenvalue weighted by Gasteiger charge is -2.24. The number of nitrogens with zero attached hydrogens (tertiary/aromatic N) is 5. The Bertz CT molecular complexity index is 818. The number of rotatable bonds is 3. The first-order valence-corrected chi connectivity index (χ1v) is 8.19. The highest BCUT2D eigenvalue weighted by atomic mass is 16.5. The van der Waals surface area contributed by atoms with Gasteiger partial charge < -0.3 is 15.4 Å². The minimum absolute atomic E-state index is 0.0412. The van der Waals surface area contributed by atoms with Crippen LogP contribution in [0.25, 0.3) is 17.0 Å². The lowest BCUT2D eigenvalue weighted by atomic mass is 10.2. The molecule has 1 fully saturated rings. The third-order valence-corrected chi connectivity index (χ3v) is 4.22. The predicted octanol–water partition coefficient (Wildman–Crippen LogP) is 1.35.